The summed E-state index contributed by atoms with van der Waals surface area (Å²) in [6, 6.07) is 7.09. The summed E-state index contributed by atoms with van der Waals surface area (Å²) in [6.07, 6.45) is 5.26. The second kappa shape index (κ2) is 7.43. The first-order valence-electron chi connectivity index (χ1n) is 9.04. The molecule has 1 aromatic carbocycles. The zero-order valence-corrected chi connectivity index (χ0v) is 14.5. The van der Waals surface area contributed by atoms with Gasteiger partial charge in [-0.3, -0.25) is 0 Å². The molecule has 2 N–H and O–H groups in total. The second-order valence-corrected chi connectivity index (χ2v) is 7.10. The molecule has 0 aliphatic carbocycles. The molecule has 2 heterocycles. The van der Waals surface area contributed by atoms with Crippen molar-refractivity contribution < 1.29 is 14.6 Å². The molecule has 0 unspecified atom stereocenters. The number of carbonyl (C=O) groups is 1. The average Bonchev–Trinajstić information content (AvgIpc) is 2.62. The van der Waals surface area contributed by atoms with Gasteiger partial charge in [-0.2, -0.15) is 0 Å². The molecule has 5 nitrogen and oxygen atoms in total. The Bertz CT molecular complexity index is 542. The van der Waals surface area contributed by atoms with E-state index in [1.807, 2.05) is 17.0 Å². The molecule has 1 aromatic rings. The smallest absolute Gasteiger partial charge is 0.317 e. The Kier molecular flexibility index (Phi) is 5.29. The molecule has 2 amide bonds. The number of hydrogen-bond donors (Lipinski definition) is 2. The Morgan fingerprint density at radius 2 is 1.83 bits per heavy atom. The summed E-state index contributed by atoms with van der Waals surface area (Å²) in [5, 5.41) is 12.6. The summed E-state index contributed by atoms with van der Waals surface area (Å²) in [4.78, 5) is 14.6. The number of ether oxygens (including phenoxy) is 1. The van der Waals surface area contributed by atoms with Crippen molar-refractivity contribution in [3.05, 3.63) is 29.8 Å². The number of nitrogens with zero attached hydrogens (tertiary/aromatic N) is 1. The van der Waals surface area contributed by atoms with Gasteiger partial charge >= 0.3 is 6.03 Å². The highest BCUT2D eigenvalue weighted by Crippen LogP contribution is 2.40. The Balaban J connectivity index is 1.55. The fourth-order valence-electron chi connectivity index (χ4n) is 3.86. The van der Waals surface area contributed by atoms with Crippen molar-refractivity contribution in [1.29, 1.82) is 0 Å². The number of aromatic hydroxyl groups is 1. The molecule has 1 spiro atoms. The highest BCUT2D eigenvalue weighted by molar-refractivity contribution is 5.74. The molecule has 0 saturated carbocycles. The van der Waals surface area contributed by atoms with E-state index in [0.29, 0.717) is 5.41 Å². The van der Waals surface area contributed by atoms with Crippen LogP contribution in [-0.4, -0.2) is 42.3 Å². The second-order valence-electron chi connectivity index (χ2n) is 7.10. The number of phenolic OH excluding ortho intramolecular Hbond substituents is 1. The van der Waals surface area contributed by atoms with Gasteiger partial charge in [0.1, 0.15) is 5.75 Å². The van der Waals surface area contributed by atoms with E-state index in [4.69, 9.17) is 4.74 Å². The summed E-state index contributed by atoms with van der Waals surface area (Å²) in [7, 11) is 0. The largest absolute Gasteiger partial charge is 0.508 e. The number of likely N-dealkylation sites (tertiary alicyclic amines) is 1. The fraction of sp³-hybridized carbons (Fsp3) is 0.632. The lowest BCUT2D eigenvalue weighted by molar-refractivity contribution is -0.0146. The van der Waals surface area contributed by atoms with E-state index >= 15 is 0 Å². The molecule has 2 aliphatic heterocycles. The quantitative estimate of drug-likeness (QED) is 0.891. The van der Waals surface area contributed by atoms with Crippen LogP contribution in [0.4, 0.5) is 4.79 Å². The van der Waals surface area contributed by atoms with Crippen LogP contribution in [0, 0.1) is 5.41 Å². The van der Waals surface area contributed by atoms with Crippen LogP contribution in [0.5, 0.6) is 5.75 Å². The molecule has 2 fully saturated rings. The molecule has 1 atom stereocenters. The highest BCUT2D eigenvalue weighted by Gasteiger charge is 2.37. The maximum absolute atomic E-state index is 12.6. The lowest BCUT2D eigenvalue weighted by Crippen LogP contribution is -2.49. The van der Waals surface area contributed by atoms with Crippen LogP contribution in [0.2, 0.25) is 0 Å². The predicted molar refractivity (Wildman–Crippen MR) is 93.0 cm³/mol. The summed E-state index contributed by atoms with van der Waals surface area (Å²) < 4.78 is 5.49. The SMILES string of the molecule is CC[C@H](NC(=O)N1CCC2(CCOCC2)CC1)c1ccc(O)cc1. The van der Waals surface area contributed by atoms with E-state index in [1.165, 1.54) is 0 Å². The molecule has 0 radical (unpaired) electrons. The van der Waals surface area contributed by atoms with E-state index in [1.54, 1.807) is 12.1 Å². The van der Waals surface area contributed by atoms with Crippen LogP contribution in [0.1, 0.15) is 50.6 Å². The van der Waals surface area contributed by atoms with Crippen molar-refractivity contribution in [1.82, 2.24) is 10.2 Å². The summed E-state index contributed by atoms with van der Waals surface area (Å²) in [5.41, 5.74) is 1.43. The maximum atomic E-state index is 12.6. The van der Waals surface area contributed by atoms with Gasteiger partial charge in [-0.1, -0.05) is 19.1 Å². The van der Waals surface area contributed by atoms with Gasteiger partial charge in [0.2, 0.25) is 0 Å². The third-order valence-corrected chi connectivity index (χ3v) is 5.67. The first-order chi connectivity index (χ1) is 11.6. The van der Waals surface area contributed by atoms with E-state index < -0.39 is 0 Å². The summed E-state index contributed by atoms with van der Waals surface area (Å²) in [6.45, 7) is 5.45. The highest BCUT2D eigenvalue weighted by atomic mass is 16.5. The lowest BCUT2D eigenvalue weighted by atomic mass is 9.72. The molecule has 0 bridgehead atoms. The average molecular weight is 332 g/mol. The number of carbonyl (C=O) groups excluding carboxylic acids is 1. The number of piperidine rings is 1. The minimum Gasteiger partial charge on any atom is -0.508 e. The molecule has 5 heteroatoms. The van der Waals surface area contributed by atoms with Crippen molar-refractivity contribution in [2.45, 2.75) is 45.1 Å². The Labute approximate surface area is 144 Å². The number of amides is 2. The van der Waals surface area contributed by atoms with Gasteiger partial charge in [0.25, 0.3) is 0 Å². The molecule has 2 aliphatic rings. The monoisotopic (exact) mass is 332 g/mol. The summed E-state index contributed by atoms with van der Waals surface area (Å²) in [5.74, 6) is 0.248. The maximum Gasteiger partial charge on any atom is 0.317 e. The Morgan fingerprint density at radius 3 is 2.42 bits per heavy atom. The number of hydrogen-bond acceptors (Lipinski definition) is 3. The van der Waals surface area contributed by atoms with Crippen LogP contribution < -0.4 is 5.32 Å². The van der Waals surface area contributed by atoms with E-state index in [9.17, 15) is 9.90 Å². The lowest BCUT2D eigenvalue weighted by Gasteiger charge is -2.44. The molecular weight excluding hydrogens is 304 g/mol. The Hall–Kier alpha value is -1.75. The topological polar surface area (TPSA) is 61.8 Å². The summed E-state index contributed by atoms with van der Waals surface area (Å²) >= 11 is 0. The third-order valence-electron chi connectivity index (χ3n) is 5.67. The minimum atomic E-state index is -0.0166. The van der Waals surface area contributed by atoms with Crippen LogP contribution in [0.25, 0.3) is 0 Å². The fourth-order valence-corrected chi connectivity index (χ4v) is 3.86. The molecule has 132 valence electrons. The number of urea groups is 1. The molecule has 2 saturated heterocycles. The minimum absolute atomic E-state index is 0.0166. The van der Waals surface area contributed by atoms with Crippen LogP contribution in [0.3, 0.4) is 0 Å². The zero-order chi connectivity index (χ0) is 17.0. The van der Waals surface area contributed by atoms with Gasteiger partial charge in [0.15, 0.2) is 0 Å². The zero-order valence-electron chi connectivity index (χ0n) is 14.5. The Morgan fingerprint density at radius 1 is 1.21 bits per heavy atom. The van der Waals surface area contributed by atoms with Crippen molar-refractivity contribution in [2.24, 2.45) is 5.41 Å². The van der Waals surface area contributed by atoms with Crippen molar-refractivity contribution in [3.8, 4) is 5.75 Å². The van der Waals surface area contributed by atoms with Gasteiger partial charge in [0.05, 0.1) is 6.04 Å². The van der Waals surface area contributed by atoms with Gasteiger partial charge in [-0.25, -0.2) is 4.79 Å². The van der Waals surface area contributed by atoms with Crippen LogP contribution in [-0.2, 0) is 4.74 Å². The van der Waals surface area contributed by atoms with Crippen molar-refractivity contribution in [3.63, 3.8) is 0 Å². The first kappa shape index (κ1) is 17.1. The predicted octanol–water partition coefficient (Wildman–Crippen LogP) is 3.45. The van der Waals surface area contributed by atoms with Crippen LogP contribution >= 0.6 is 0 Å². The molecule has 3 rings (SSSR count). The van der Waals surface area contributed by atoms with Gasteiger partial charge in [0, 0.05) is 26.3 Å². The normalized spacial score (nSPS) is 21.5. The number of benzene rings is 1. The van der Waals surface area contributed by atoms with E-state index in [2.05, 4.69) is 12.2 Å². The third kappa shape index (κ3) is 3.83. The van der Waals surface area contributed by atoms with Crippen molar-refractivity contribution in [2.75, 3.05) is 26.3 Å². The van der Waals surface area contributed by atoms with Gasteiger partial charge < -0.3 is 20.1 Å². The molecule has 24 heavy (non-hydrogen) atoms. The van der Waals surface area contributed by atoms with Gasteiger partial charge in [-0.15, -0.1) is 0 Å². The number of nitrogens with one attached hydrogen (secondary N) is 1. The first-order valence-corrected chi connectivity index (χ1v) is 9.04. The van der Waals surface area contributed by atoms with Crippen molar-refractivity contribution >= 4 is 6.03 Å². The van der Waals surface area contributed by atoms with Crippen LogP contribution in [0.15, 0.2) is 24.3 Å². The molecular formula is C19H28N2O3. The van der Waals surface area contributed by atoms with E-state index in [-0.39, 0.29) is 17.8 Å². The number of phenols is 1. The standard InChI is InChI=1S/C19H28N2O3/c1-2-17(15-3-5-16(22)6-4-15)20-18(23)21-11-7-19(8-12-21)9-13-24-14-10-19/h3-6,17,22H,2,7-14H2,1H3,(H,20,23)/t17-/m0/s1. The molecule has 0 aromatic heterocycles. The number of rotatable bonds is 3. The van der Waals surface area contributed by atoms with Gasteiger partial charge in [-0.05, 0) is 55.2 Å². The van der Waals surface area contributed by atoms with E-state index in [0.717, 1.165) is 64.0 Å².